The van der Waals surface area contributed by atoms with E-state index in [4.69, 9.17) is 5.11 Å². The van der Waals surface area contributed by atoms with Crippen LogP contribution in [0.4, 0.5) is 0 Å². The molecule has 0 aliphatic heterocycles. The van der Waals surface area contributed by atoms with Gasteiger partial charge >= 0.3 is 0 Å². The lowest BCUT2D eigenvalue weighted by Crippen LogP contribution is -2.34. The summed E-state index contributed by atoms with van der Waals surface area (Å²) in [5.41, 5.74) is 1.33. The van der Waals surface area contributed by atoms with Crippen LogP contribution < -0.4 is 5.32 Å². The maximum atomic E-state index is 9.11. The lowest BCUT2D eigenvalue weighted by Gasteiger charge is -2.22. The lowest BCUT2D eigenvalue weighted by molar-refractivity contribution is 0.236. The molecule has 1 unspecified atom stereocenters. The van der Waals surface area contributed by atoms with Gasteiger partial charge in [0.05, 0.1) is 6.61 Å². The van der Waals surface area contributed by atoms with E-state index in [0.29, 0.717) is 6.04 Å². The highest BCUT2D eigenvalue weighted by atomic mass is 79.9. The van der Waals surface area contributed by atoms with Crippen LogP contribution in [0, 0.1) is 5.92 Å². The zero-order valence-corrected chi connectivity index (χ0v) is 11.1. The van der Waals surface area contributed by atoms with Crippen LogP contribution >= 0.6 is 15.9 Å². The molecule has 2 rings (SSSR count). The molecule has 1 aromatic rings. The Kier molecular flexibility index (Phi) is 4.00. The van der Waals surface area contributed by atoms with Crippen molar-refractivity contribution in [1.29, 1.82) is 0 Å². The first kappa shape index (κ1) is 12.1. The highest BCUT2D eigenvalue weighted by Crippen LogP contribution is 2.41. The van der Waals surface area contributed by atoms with E-state index in [1.165, 1.54) is 18.4 Å². The normalized spacial score (nSPS) is 19.4. The molecule has 1 aliphatic rings. The molecule has 2 atom stereocenters. The van der Waals surface area contributed by atoms with Crippen molar-refractivity contribution in [3.05, 3.63) is 34.3 Å². The van der Waals surface area contributed by atoms with Gasteiger partial charge < -0.3 is 10.4 Å². The summed E-state index contributed by atoms with van der Waals surface area (Å²) in [6.07, 6.45) is 2.59. The minimum Gasteiger partial charge on any atom is -0.395 e. The van der Waals surface area contributed by atoms with Crippen molar-refractivity contribution in [3.8, 4) is 0 Å². The molecule has 2 N–H and O–H groups in total. The molecule has 1 aromatic carbocycles. The summed E-state index contributed by atoms with van der Waals surface area (Å²) >= 11 is 3.45. The molecule has 0 radical (unpaired) electrons. The largest absolute Gasteiger partial charge is 0.395 e. The minimum atomic E-state index is 0.161. The first-order valence-corrected chi connectivity index (χ1v) is 6.62. The number of aliphatic hydroxyl groups is 1. The van der Waals surface area contributed by atoms with Gasteiger partial charge in [0.2, 0.25) is 0 Å². The van der Waals surface area contributed by atoms with Crippen LogP contribution in [-0.2, 0) is 0 Å². The molecule has 0 heterocycles. The zero-order valence-electron chi connectivity index (χ0n) is 9.49. The van der Waals surface area contributed by atoms with E-state index in [0.717, 1.165) is 10.4 Å². The second-order valence-corrected chi connectivity index (χ2v) is 5.53. The van der Waals surface area contributed by atoms with E-state index in [-0.39, 0.29) is 12.6 Å². The third-order valence-electron chi connectivity index (χ3n) is 3.06. The van der Waals surface area contributed by atoms with Gasteiger partial charge in [-0.2, -0.15) is 0 Å². The van der Waals surface area contributed by atoms with Crippen LogP contribution in [0.5, 0.6) is 0 Å². The van der Waals surface area contributed by atoms with Gasteiger partial charge in [0.15, 0.2) is 0 Å². The van der Waals surface area contributed by atoms with Crippen molar-refractivity contribution < 1.29 is 5.11 Å². The fourth-order valence-electron chi connectivity index (χ4n) is 1.96. The first-order valence-electron chi connectivity index (χ1n) is 5.83. The lowest BCUT2D eigenvalue weighted by atomic mass is 10.0. The van der Waals surface area contributed by atoms with Gasteiger partial charge in [-0.15, -0.1) is 0 Å². The molecule has 2 nitrogen and oxygen atoms in total. The monoisotopic (exact) mass is 283 g/mol. The van der Waals surface area contributed by atoms with Gasteiger partial charge in [-0.3, -0.25) is 0 Å². The molecular formula is C13H18BrNO. The highest BCUT2D eigenvalue weighted by molar-refractivity contribution is 9.10. The van der Waals surface area contributed by atoms with Crippen molar-refractivity contribution in [1.82, 2.24) is 5.32 Å². The Hall–Kier alpha value is -0.380. The second kappa shape index (κ2) is 5.30. The minimum absolute atomic E-state index is 0.161. The number of benzene rings is 1. The summed E-state index contributed by atoms with van der Waals surface area (Å²) in [6.45, 7) is 2.22. The quantitative estimate of drug-likeness (QED) is 0.871. The summed E-state index contributed by atoms with van der Waals surface area (Å²) < 4.78 is 1.11. The molecule has 1 fully saturated rings. The molecule has 0 spiro atoms. The Morgan fingerprint density at radius 2 is 2.00 bits per heavy atom. The van der Waals surface area contributed by atoms with Crippen LogP contribution in [-0.4, -0.2) is 17.8 Å². The van der Waals surface area contributed by atoms with E-state index < -0.39 is 0 Å². The van der Waals surface area contributed by atoms with Gasteiger partial charge in [-0.05, 0) is 43.4 Å². The predicted octanol–water partition coefficient (Wildman–Crippen LogP) is 2.87. The Morgan fingerprint density at radius 1 is 1.38 bits per heavy atom. The van der Waals surface area contributed by atoms with Gasteiger partial charge in [0.1, 0.15) is 0 Å². The molecule has 1 aliphatic carbocycles. The van der Waals surface area contributed by atoms with Crippen LogP contribution in [0.2, 0.25) is 0 Å². The van der Waals surface area contributed by atoms with E-state index in [1.807, 2.05) is 6.92 Å². The predicted molar refractivity (Wildman–Crippen MR) is 69.3 cm³/mol. The standard InChI is InChI=1S/C13H18BrNO/c1-9(8-16)15-13(10-2-3-10)11-4-6-12(14)7-5-11/h4-7,9-10,13,15-16H,2-3,8H2,1H3/t9-,13?/m1/s1. The zero-order chi connectivity index (χ0) is 11.5. The molecular weight excluding hydrogens is 266 g/mol. The summed E-state index contributed by atoms with van der Waals surface area (Å²) in [5.74, 6) is 0.746. The molecule has 0 saturated heterocycles. The van der Waals surface area contributed by atoms with Crippen LogP contribution in [0.25, 0.3) is 0 Å². The van der Waals surface area contributed by atoms with Crippen molar-refractivity contribution >= 4 is 15.9 Å². The second-order valence-electron chi connectivity index (χ2n) is 4.62. The Bertz CT molecular complexity index is 334. The molecule has 88 valence electrons. The number of halogens is 1. The van der Waals surface area contributed by atoms with Gasteiger partial charge in [0.25, 0.3) is 0 Å². The van der Waals surface area contributed by atoms with E-state index in [9.17, 15) is 0 Å². The Morgan fingerprint density at radius 3 is 2.50 bits per heavy atom. The summed E-state index contributed by atoms with van der Waals surface area (Å²) in [6, 6.07) is 9.03. The average Bonchev–Trinajstić information content (AvgIpc) is 3.11. The Labute approximate surface area is 105 Å². The third kappa shape index (κ3) is 3.06. The van der Waals surface area contributed by atoms with Gasteiger partial charge in [-0.1, -0.05) is 28.1 Å². The molecule has 0 aromatic heterocycles. The number of aliphatic hydroxyl groups excluding tert-OH is 1. The van der Waals surface area contributed by atoms with E-state index in [1.54, 1.807) is 0 Å². The first-order chi connectivity index (χ1) is 7.70. The summed E-state index contributed by atoms with van der Waals surface area (Å²) in [7, 11) is 0. The number of hydrogen-bond donors (Lipinski definition) is 2. The fraction of sp³-hybridized carbons (Fsp3) is 0.538. The van der Waals surface area contributed by atoms with Crippen molar-refractivity contribution in [3.63, 3.8) is 0 Å². The molecule has 1 saturated carbocycles. The highest BCUT2D eigenvalue weighted by Gasteiger charge is 2.32. The van der Waals surface area contributed by atoms with E-state index in [2.05, 4.69) is 45.5 Å². The smallest absolute Gasteiger partial charge is 0.0582 e. The van der Waals surface area contributed by atoms with Gasteiger partial charge in [0, 0.05) is 16.6 Å². The third-order valence-corrected chi connectivity index (χ3v) is 3.59. The maximum Gasteiger partial charge on any atom is 0.0582 e. The molecule has 16 heavy (non-hydrogen) atoms. The SMILES string of the molecule is C[C@H](CO)NC(c1ccc(Br)cc1)C1CC1. The molecule has 3 heteroatoms. The Balaban J connectivity index is 2.09. The number of nitrogens with one attached hydrogen (secondary N) is 1. The molecule has 0 amide bonds. The van der Waals surface area contributed by atoms with Crippen LogP contribution in [0.3, 0.4) is 0 Å². The molecule has 0 bridgehead atoms. The fourth-order valence-corrected chi connectivity index (χ4v) is 2.23. The number of hydrogen-bond acceptors (Lipinski definition) is 2. The van der Waals surface area contributed by atoms with Crippen LogP contribution in [0.15, 0.2) is 28.7 Å². The van der Waals surface area contributed by atoms with Crippen molar-refractivity contribution in [2.45, 2.75) is 31.8 Å². The number of rotatable bonds is 5. The van der Waals surface area contributed by atoms with Crippen molar-refractivity contribution in [2.75, 3.05) is 6.61 Å². The average molecular weight is 284 g/mol. The van der Waals surface area contributed by atoms with E-state index >= 15 is 0 Å². The topological polar surface area (TPSA) is 32.3 Å². The van der Waals surface area contributed by atoms with Crippen LogP contribution in [0.1, 0.15) is 31.4 Å². The summed E-state index contributed by atoms with van der Waals surface area (Å²) in [5, 5.41) is 12.6. The summed E-state index contributed by atoms with van der Waals surface area (Å²) in [4.78, 5) is 0. The van der Waals surface area contributed by atoms with Crippen molar-refractivity contribution in [2.24, 2.45) is 5.92 Å². The van der Waals surface area contributed by atoms with Gasteiger partial charge in [-0.25, -0.2) is 0 Å². The maximum absolute atomic E-state index is 9.11.